The van der Waals surface area contributed by atoms with Crippen molar-refractivity contribution in [2.45, 2.75) is 13.0 Å². The van der Waals surface area contributed by atoms with Gasteiger partial charge in [-0.3, -0.25) is 4.79 Å². The Morgan fingerprint density at radius 1 is 1.17 bits per heavy atom. The van der Waals surface area contributed by atoms with Crippen LogP contribution in [-0.2, 0) is 0 Å². The molecule has 0 radical (unpaired) electrons. The zero-order valence-electron chi connectivity index (χ0n) is 13.0. The van der Waals surface area contributed by atoms with E-state index in [2.05, 4.69) is 16.4 Å². The smallest absolute Gasteiger partial charge is 0.270 e. The highest BCUT2D eigenvalue weighted by Crippen LogP contribution is 2.19. The number of benzene rings is 2. The molecule has 0 aliphatic carbocycles. The zero-order chi connectivity index (χ0) is 17.1. The van der Waals surface area contributed by atoms with Crippen LogP contribution in [0.2, 0.25) is 5.02 Å². The molecule has 0 bridgehead atoms. The van der Waals surface area contributed by atoms with Gasteiger partial charge in [0.2, 0.25) is 0 Å². The molecular formula is C19H14ClN3O. The van der Waals surface area contributed by atoms with Gasteiger partial charge in [-0.1, -0.05) is 35.9 Å². The van der Waals surface area contributed by atoms with Gasteiger partial charge < -0.3 is 5.32 Å². The normalized spacial score (nSPS) is 11.7. The number of halogens is 1. The van der Waals surface area contributed by atoms with Crippen LogP contribution < -0.4 is 5.32 Å². The molecule has 118 valence electrons. The van der Waals surface area contributed by atoms with Crippen molar-refractivity contribution >= 4 is 28.4 Å². The molecule has 1 heterocycles. The summed E-state index contributed by atoms with van der Waals surface area (Å²) >= 11 is 5.98. The molecule has 1 aromatic heterocycles. The van der Waals surface area contributed by atoms with E-state index >= 15 is 0 Å². The van der Waals surface area contributed by atoms with Gasteiger partial charge in [0.1, 0.15) is 5.69 Å². The molecule has 5 heteroatoms. The van der Waals surface area contributed by atoms with Gasteiger partial charge in [-0.25, -0.2) is 4.98 Å². The molecule has 2 aromatic carbocycles. The number of pyridine rings is 1. The summed E-state index contributed by atoms with van der Waals surface area (Å²) in [7, 11) is 0. The quantitative estimate of drug-likeness (QED) is 0.778. The summed E-state index contributed by atoms with van der Waals surface area (Å²) < 4.78 is 0. The predicted molar refractivity (Wildman–Crippen MR) is 93.8 cm³/mol. The van der Waals surface area contributed by atoms with Crippen LogP contribution in [0.4, 0.5) is 0 Å². The third kappa shape index (κ3) is 3.37. The molecule has 1 amide bonds. The van der Waals surface area contributed by atoms with Crippen molar-refractivity contribution in [3.63, 3.8) is 0 Å². The standard InChI is InChI=1S/C19H14ClN3O/c1-12(14-4-2-13(11-21)3-5-14)22-19(24)17-9-7-15-6-8-16(20)10-18(15)23-17/h2-10,12H,1H3,(H,22,24)/t12-/m0/s1. The Kier molecular flexibility index (Phi) is 4.45. The van der Waals surface area contributed by atoms with E-state index in [4.69, 9.17) is 16.9 Å². The SMILES string of the molecule is C[C@H](NC(=O)c1ccc2ccc(Cl)cc2n1)c1ccc(C#N)cc1. The monoisotopic (exact) mass is 335 g/mol. The number of carbonyl (C=O) groups is 1. The molecule has 24 heavy (non-hydrogen) atoms. The van der Waals surface area contributed by atoms with Crippen LogP contribution in [0.5, 0.6) is 0 Å². The summed E-state index contributed by atoms with van der Waals surface area (Å²) in [6, 6.07) is 17.9. The lowest BCUT2D eigenvalue weighted by atomic mass is 10.1. The van der Waals surface area contributed by atoms with E-state index < -0.39 is 0 Å². The van der Waals surface area contributed by atoms with Crippen molar-refractivity contribution in [1.29, 1.82) is 5.26 Å². The van der Waals surface area contributed by atoms with Crippen LogP contribution in [0.3, 0.4) is 0 Å². The Morgan fingerprint density at radius 2 is 1.88 bits per heavy atom. The van der Waals surface area contributed by atoms with Crippen LogP contribution in [0.15, 0.2) is 54.6 Å². The first kappa shape index (κ1) is 16.0. The van der Waals surface area contributed by atoms with E-state index in [9.17, 15) is 4.79 Å². The Balaban J connectivity index is 1.79. The van der Waals surface area contributed by atoms with Crippen LogP contribution in [-0.4, -0.2) is 10.9 Å². The van der Waals surface area contributed by atoms with Gasteiger partial charge in [0.05, 0.1) is 23.2 Å². The minimum absolute atomic E-state index is 0.192. The number of hydrogen-bond acceptors (Lipinski definition) is 3. The van der Waals surface area contributed by atoms with Crippen molar-refractivity contribution in [3.05, 3.63) is 76.4 Å². The molecule has 0 spiro atoms. The Labute approximate surface area is 144 Å². The predicted octanol–water partition coefficient (Wildman–Crippen LogP) is 4.25. The topological polar surface area (TPSA) is 65.8 Å². The third-order valence-electron chi connectivity index (χ3n) is 3.77. The highest BCUT2D eigenvalue weighted by Gasteiger charge is 2.13. The number of nitrogens with one attached hydrogen (secondary N) is 1. The molecular weight excluding hydrogens is 322 g/mol. The summed E-state index contributed by atoms with van der Waals surface area (Å²) in [6.45, 7) is 1.89. The maximum Gasteiger partial charge on any atom is 0.270 e. The average molecular weight is 336 g/mol. The third-order valence-corrected chi connectivity index (χ3v) is 4.01. The van der Waals surface area contributed by atoms with Gasteiger partial charge in [0.15, 0.2) is 0 Å². The van der Waals surface area contributed by atoms with Crippen molar-refractivity contribution < 1.29 is 4.79 Å². The van der Waals surface area contributed by atoms with E-state index in [0.717, 1.165) is 10.9 Å². The van der Waals surface area contributed by atoms with Crippen LogP contribution in [0.1, 0.15) is 34.6 Å². The summed E-state index contributed by atoms with van der Waals surface area (Å²) in [5.74, 6) is -0.256. The highest BCUT2D eigenvalue weighted by molar-refractivity contribution is 6.31. The van der Waals surface area contributed by atoms with Crippen LogP contribution in [0, 0.1) is 11.3 Å². The minimum atomic E-state index is -0.256. The molecule has 1 atom stereocenters. The zero-order valence-corrected chi connectivity index (χ0v) is 13.7. The lowest BCUT2D eigenvalue weighted by Gasteiger charge is -2.14. The van der Waals surface area contributed by atoms with Gasteiger partial charge in [0, 0.05) is 10.4 Å². The largest absolute Gasteiger partial charge is 0.344 e. The fraction of sp³-hybridized carbons (Fsp3) is 0.105. The molecule has 3 aromatic rings. The second-order valence-electron chi connectivity index (χ2n) is 5.46. The van der Waals surface area contributed by atoms with E-state index in [1.165, 1.54) is 0 Å². The van der Waals surface area contributed by atoms with E-state index in [0.29, 0.717) is 21.8 Å². The van der Waals surface area contributed by atoms with Crippen molar-refractivity contribution in [1.82, 2.24) is 10.3 Å². The van der Waals surface area contributed by atoms with Crippen molar-refractivity contribution in [2.24, 2.45) is 0 Å². The number of nitriles is 1. The van der Waals surface area contributed by atoms with Gasteiger partial charge in [0.25, 0.3) is 5.91 Å². The number of aromatic nitrogens is 1. The first-order valence-electron chi connectivity index (χ1n) is 7.44. The minimum Gasteiger partial charge on any atom is -0.344 e. The number of nitrogens with zero attached hydrogens (tertiary/aromatic N) is 2. The molecule has 0 saturated heterocycles. The Bertz CT molecular complexity index is 945. The maximum atomic E-state index is 12.4. The second-order valence-corrected chi connectivity index (χ2v) is 5.90. The number of carbonyl (C=O) groups excluding carboxylic acids is 1. The summed E-state index contributed by atoms with van der Waals surface area (Å²) in [5.41, 5.74) is 2.53. The van der Waals surface area contributed by atoms with Gasteiger partial charge >= 0.3 is 0 Å². The highest BCUT2D eigenvalue weighted by atomic mass is 35.5. The summed E-state index contributed by atoms with van der Waals surface area (Å²) in [5, 5.41) is 13.3. The average Bonchev–Trinajstić information content (AvgIpc) is 2.61. The van der Waals surface area contributed by atoms with E-state index in [-0.39, 0.29) is 11.9 Å². The number of fused-ring (bicyclic) bond motifs is 1. The number of amides is 1. The van der Waals surface area contributed by atoms with Gasteiger partial charge in [-0.2, -0.15) is 5.26 Å². The van der Waals surface area contributed by atoms with Crippen LogP contribution in [0.25, 0.3) is 10.9 Å². The molecule has 3 rings (SSSR count). The first-order chi connectivity index (χ1) is 11.6. The maximum absolute atomic E-state index is 12.4. The lowest BCUT2D eigenvalue weighted by molar-refractivity contribution is 0.0935. The van der Waals surface area contributed by atoms with Crippen LogP contribution >= 0.6 is 11.6 Å². The van der Waals surface area contributed by atoms with Gasteiger partial charge in [-0.15, -0.1) is 0 Å². The number of rotatable bonds is 3. The fourth-order valence-corrected chi connectivity index (χ4v) is 2.58. The molecule has 0 unspecified atom stereocenters. The lowest BCUT2D eigenvalue weighted by Crippen LogP contribution is -2.27. The first-order valence-corrected chi connectivity index (χ1v) is 7.82. The Hall–Kier alpha value is -2.90. The van der Waals surface area contributed by atoms with Gasteiger partial charge in [-0.05, 0) is 42.8 Å². The van der Waals surface area contributed by atoms with Crippen molar-refractivity contribution in [2.75, 3.05) is 0 Å². The summed E-state index contributed by atoms with van der Waals surface area (Å²) in [4.78, 5) is 16.8. The van der Waals surface area contributed by atoms with E-state index in [1.54, 1.807) is 30.3 Å². The molecule has 4 nitrogen and oxygen atoms in total. The molecule has 0 aliphatic heterocycles. The molecule has 1 N–H and O–H groups in total. The molecule has 0 fully saturated rings. The fourth-order valence-electron chi connectivity index (χ4n) is 2.42. The Morgan fingerprint density at radius 3 is 2.58 bits per heavy atom. The number of hydrogen-bond donors (Lipinski definition) is 1. The second kappa shape index (κ2) is 6.69. The molecule has 0 aliphatic rings. The van der Waals surface area contributed by atoms with Crippen molar-refractivity contribution in [3.8, 4) is 6.07 Å². The van der Waals surface area contributed by atoms with E-state index in [1.807, 2.05) is 31.2 Å². The molecule has 0 saturated carbocycles. The summed E-state index contributed by atoms with van der Waals surface area (Å²) in [6.07, 6.45) is 0.